The van der Waals surface area contributed by atoms with Gasteiger partial charge in [-0.25, -0.2) is 4.79 Å². The molecule has 1 heterocycles. The average molecular weight is 295 g/mol. The summed E-state index contributed by atoms with van der Waals surface area (Å²) in [7, 11) is 1.51. The fourth-order valence-corrected chi connectivity index (χ4v) is 2.53. The summed E-state index contributed by atoms with van der Waals surface area (Å²) in [6.07, 6.45) is 1.63. The van der Waals surface area contributed by atoms with Gasteiger partial charge < -0.3 is 9.84 Å². The third-order valence-corrected chi connectivity index (χ3v) is 3.64. The van der Waals surface area contributed by atoms with E-state index in [2.05, 4.69) is 0 Å². The van der Waals surface area contributed by atoms with Gasteiger partial charge in [-0.05, 0) is 35.2 Å². The largest absolute Gasteiger partial charge is 0.495 e. The number of ether oxygens (including phenoxy) is 1. The molecule has 2 aromatic rings. The summed E-state index contributed by atoms with van der Waals surface area (Å²) in [4.78, 5) is 12.2. The molecule has 19 heavy (non-hydrogen) atoms. The van der Waals surface area contributed by atoms with Crippen LogP contribution in [0.15, 0.2) is 35.7 Å². The molecule has 0 unspecified atom stereocenters. The quantitative estimate of drug-likeness (QED) is 0.866. The minimum absolute atomic E-state index is 0.201. The van der Waals surface area contributed by atoms with Gasteiger partial charge in [0.2, 0.25) is 0 Å². The summed E-state index contributed by atoms with van der Waals surface area (Å²) < 4.78 is 5.05. The van der Waals surface area contributed by atoms with E-state index in [1.54, 1.807) is 24.3 Å². The Morgan fingerprint density at radius 1 is 1.42 bits per heavy atom. The highest BCUT2D eigenvalue weighted by atomic mass is 35.5. The first kappa shape index (κ1) is 13.6. The molecule has 0 fully saturated rings. The van der Waals surface area contributed by atoms with E-state index < -0.39 is 5.97 Å². The second-order valence-electron chi connectivity index (χ2n) is 3.73. The van der Waals surface area contributed by atoms with E-state index in [4.69, 9.17) is 16.3 Å². The van der Waals surface area contributed by atoms with E-state index in [-0.39, 0.29) is 5.57 Å². The van der Waals surface area contributed by atoms with Crippen molar-refractivity contribution in [3.05, 3.63) is 51.2 Å². The normalized spacial score (nSPS) is 11.4. The second kappa shape index (κ2) is 5.91. The Morgan fingerprint density at radius 3 is 2.74 bits per heavy atom. The van der Waals surface area contributed by atoms with Crippen molar-refractivity contribution in [2.45, 2.75) is 0 Å². The zero-order valence-corrected chi connectivity index (χ0v) is 11.7. The van der Waals surface area contributed by atoms with Crippen LogP contribution in [0.2, 0.25) is 5.02 Å². The third kappa shape index (κ3) is 3.16. The standard InChI is InChI=1S/C14H11ClO3S/c1-18-13-5-4-9(7-12(13)15)11(14(16)17)8-10-3-2-6-19-10/h2-8H,1H3,(H,16,17)/b11-8-. The predicted octanol–water partition coefficient (Wildman–Crippen LogP) is 4.04. The molecule has 0 spiro atoms. The number of carbonyl (C=O) groups is 1. The molecular formula is C14H11ClO3S. The van der Waals surface area contributed by atoms with Gasteiger partial charge in [0.1, 0.15) is 5.75 Å². The monoisotopic (exact) mass is 294 g/mol. The van der Waals surface area contributed by atoms with Crippen molar-refractivity contribution < 1.29 is 14.6 Å². The maximum absolute atomic E-state index is 11.4. The molecule has 0 atom stereocenters. The van der Waals surface area contributed by atoms with Gasteiger partial charge in [-0.2, -0.15) is 0 Å². The molecule has 98 valence electrons. The van der Waals surface area contributed by atoms with Crippen LogP contribution in [0.5, 0.6) is 5.75 Å². The minimum atomic E-state index is -0.991. The van der Waals surface area contributed by atoms with Gasteiger partial charge in [0.05, 0.1) is 17.7 Å². The molecule has 0 aliphatic carbocycles. The van der Waals surface area contributed by atoms with E-state index in [1.807, 2.05) is 17.5 Å². The Morgan fingerprint density at radius 2 is 2.21 bits per heavy atom. The summed E-state index contributed by atoms with van der Waals surface area (Å²) >= 11 is 7.50. The van der Waals surface area contributed by atoms with Crippen LogP contribution in [0.1, 0.15) is 10.4 Å². The van der Waals surface area contributed by atoms with Crippen LogP contribution in [-0.4, -0.2) is 18.2 Å². The van der Waals surface area contributed by atoms with Crippen molar-refractivity contribution in [2.24, 2.45) is 0 Å². The van der Waals surface area contributed by atoms with E-state index in [0.29, 0.717) is 16.3 Å². The fraction of sp³-hybridized carbons (Fsp3) is 0.0714. The number of carboxylic acid groups (broad SMARTS) is 1. The van der Waals surface area contributed by atoms with E-state index in [0.717, 1.165) is 4.88 Å². The number of aliphatic carboxylic acids is 1. The van der Waals surface area contributed by atoms with Crippen molar-refractivity contribution >= 4 is 40.6 Å². The molecule has 0 saturated heterocycles. The fourth-order valence-electron chi connectivity index (χ4n) is 1.62. The van der Waals surface area contributed by atoms with Crippen LogP contribution in [-0.2, 0) is 4.79 Å². The Kier molecular flexibility index (Phi) is 4.24. The van der Waals surface area contributed by atoms with Gasteiger partial charge >= 0.3 is 5.97 Å². The molecule has 1 aromatic heterocycles. The van der Waals surface area contributed by atoms with Gasteiger partial charge in [0.25, 0.3) is 0 Å². The summed E-state index contributed by atoms with van der Waals surface area (Å²) in [5.41, 5.74) is 0.749. The zero-order valence-electron chi connectivity index (χ0n) is 10.1. The summed E-state index contributed by atoms with van der Waals surface area (Å²) in [5.74, 6) is -0.471. The molecule has 0 saturated carbocycles. The van der Waals surface area contributed by atoms with Gasteiger partial charge in [-0.3, -0.25) is 0 Å². The molecule has 1 aromatic carbocycles. The van der Waals surface area contributed by atoms with Gasteiger partial charge in [0.15, 0.2) is 0 Å². The van der Waals surface area contributed by atoms with Crippen molar-refractivity contribution in [1.82, 2.24) is 0 Å². The molecule has 0 aliphatic rings. The lowest BCUT2D eigenvalue weighted by atomic mass is 10.1. The first-order valence-corrected chi connectivity index (χ1v) is 6.70. The van der Waals surface area contributed by atoms with Crippen molar-refractivity contribution in [1.29, 1.82) is 0 Å². The third-order valence-electron chi connectivity index (χ3n) is 2.52. The van der Waals surface area contributed by atoms with Crippen LogP contribution in [0, 0.1) is 0 Å². The number of halogens is 1. The maximum atomic E-state index is 11.4. The predicted molar refractivity (Wildman–Crippen MR) is 77.8 cm³/mol. The number of carboxylic acids is 1. The van der Waals surface area contributed by atoms with Gasteiger partial charge in [-0.1, -0.05) is 23.7 Å². The van der Waals surface area contributed by atoms with Crippen LogP contribution in [0.3, 0.4) is 0 Å². The molecule has 0 amide bonds. The van der Waals surface area contributed by atoms with Crippen LogP contribution in [0.25, 0.3) is 11.6 Å². The first-order valence-electron chi connectivity index (χ1n) is 5.44. The first-order chi connectivity index (χ1) is 9.11. The van der Waals surface area contributed by atoms with Crippen molar-refractivity contribution in [3.8, 4) is 5.75 Å². The molecular weight excluding hydrogens is 284 g/mol. The summed E-state index contributed by atoms with van der Waals surface area (Å²) in [6, 6.07) is 8.66. The molecule has 2 rings (SSSR count). The second-order valence-corrected chi connectivity index (χ2v) is 5.11. The highest BCUT2D eigenvalue weighted by Crippen LogP contribution is 2.29. The smallest absolute Gasteiger partial charge is 0.336 e. The Balaban J connectivity index is 2.46. The van der Waals surface area contributed by atoms with Crippen LogP contribution < -0.4 is 4.74 Å². The molecule has 0 aliphatic heterocycles. The Labute approximate surface area is 119 Å². The van der Waals surface area contributed by atoms with E-state index in [1.165, 1.54) is 18.4 Å². The van der Waals surface area contributed by atoms with Crippen LogP contribution >= 0.6 is 22.9 Å². The number of thiophene rings is 1. The molecule has 5 heteroatoms. The molecule has 1 N–H and O–H groups in total. The molecule has 0 radical (unpaired) electrons. The Hall–Kier alpha value is -1.78. The SMILES string of the molecule is COc1ccc(/C(=C/c2cccs2)C(=O)O)cc1Cl. The molecule has 0 bridgehead atoms. The number of hydrogen-bond donors (Lipinski definition) is 1. The topological polar surface area (TPSA) is 46.5 Å². The Bertz CT molecular complexity index is 618. The highest BCUT2D eigenvalue weighted by Gasteiger charge is 2.13. The highest BCUT2D eigenvalue weighted by molar-refractivity contribution is 7.11. The number of hydrogen-bond acceptors (Lipinski definition) is 3. The number of methoxy groups -OCH3 is 1. The lowest BCUT2D eigenvalue weighted by Gasteiger charge is -2.06. The van der Waals surface area contributed by atoms with E-state index >= 15 is 0 Å². The number of rotatable bonds is 4. The van der Waals surface area contributed by atoms with E-state index in [9.17, 15) is 9.90 Å². The van der Waals surface area contributed by atoms with Gasteiger partial charge in [0, 0.05) is 4.88 Å². The summed E-state index contributed by atoms with van der Waals surface area (Å²) in [5, 5.41) is 11.6. The van der Waals surface area contributed by atoms with Gasteiger partial charge in [-0.15, -0.1) is 11.3 Å². The van der Waals surface area contributed by atoms with Crippen LogP contribution in [0.4, 0.5) is 0 Å². The van der Waals surface area contributed by atoms with Crippen molar-refractivity contribution in [3.63, 3.8) is 0 Å². The summed E-state index contributed by atoms with van der Waals surface area (Å²) in [6.45, 7) is 0. The maximum Gasteiger partial charge on any atom is 0.336 e. The molecule has 3 nitrogen and oxygen atoms in total. The zero-order chi connectivity index (χ0) is 13.8. The lowest BCUT2D eigenvalue weighted by molar-refractivity contribution is -0.130. The lowest BCUT2D eigenvalue weighted by Crippen LogP contribution is -1.99. The number of benzene rings is 1. The average Bonchev–Trinajstić information content (AvgIpc) is 2.88. The minimum Gasteiger partial charge on any atom is -0.495 e. The van der Waals surface area contributed by atoms with Crippen molar-refractivity contribution in [2.75, 3.05) is 7.11 Å².